The molecule has 6 aromatic rings. The Morgan fingerprint density at radius 2 is 1.43 bits per heavy atom. The Bertz CT molecular complexity index is 1640. The van der Waals surface area contributed by atoms with E-state index in [2.05, 4.69) is 15.3 Å². The Hall–Kier alpha value is -4.85. The van der Waals surface area contributed by atoms with Crippen LogP contribution in [0.5, 0.6) is 5.75 Å². The Morgan fingerprint density at radius 1 is 0.784 bits per heavy atom. The highest BCUT2D eigenvalue weighted by Crippen LogP contribution is 2.33. The van der Waals surface area contributed by atoms with Crippen molar-refractivity contribution in [3.63, 3.8) is 0 Å². The van der Waals surface area contributed by atoms with Gasteiger partial charge in [-0.25, -0.2) is 18.4 Å². The Balaban J connectivity index is 1.32. The van der Waals surface area contributed by atoms with Crippen molar-refractivity contribution in [3.05, 3.63) is 109 Å². The molecule has 0 atom stereocenters. The molecule has 0 amide bonds. The van der Waals surface area contributed by atoms with Gasteiger partial charge in [0, 0.05) is 16.7 Å². The molecule has 4 aromatic carbocycles. The zero-order valence-electron chi connectivity index (χ0n) is 19.7. The fourth-order valence-electron chi connectivity index (χ4n) is 4.19. The lowest BCUT2D eigenvalue weighted by Crippen LogP contribution is -2.00. The standard InChI is InChI=1S/C29H20F2N4O2/c1-36-25-13-8-20-14-22(3-2-21(20)15-25)26-16-35(34-33-26)17-27-32-28(18-4-9-23(30)10-5-18)29(37-27)19-6-11-24(31)12-7-19/h2-16H,17H2,1H3. The molecular weight excluding hydrogens is 474 g/mol. The van der Waals surface area contributed by atoms with Crippen molar-refractivity contribution in [3.8, 4) is 39.6 Å². The van der Waals surface area contributed by atoms with Crippen molar-refractivity contribution < 1.29 is 17.9 Å². The highest BCUT2D eigenvalue weighted by atomic mass is 19.1. The van der Waals surface area contributed by atoms with E-state index in [1.807, 2.05) is 42.6 Å². The first-order valence-electron chi connectivity index (χ1n) is 11.6. The molecule has 0 bridgehead atoms. The highest BCUT2D eigenvalue weighted by Gasteiger charge is 2.18. The number of nitrogens with zero attached hydrogens (tertiary/aromatic N) is 4. The highest BCUT2D eigenvalue weighted by molar-refractivity contribution is 5.87. The summed E-state index contributed by atoms with van der Waals surface area (Å²) in [6, 6.07) is 23.9. The van der Waals surface area contributed by atoms with Gasteiger partial charge < -0.3 is 9.15 Å². The van der Waals surface area contributed by atoms with Crippen LogP contribution >= 0.6 is 0 Å². The Labute approximate surface area is 210 Å². The maximum atomic E-state index is 13.5. The summed E-state index contributed by atoms with van der Waals surface area (Å²) in [6.07, 6.45) is 1.82. The van der Waals surface area contributed by atoms with Crippen LogP contribution < -0.4 is 4.74 Å². The molecule has 0 saturated heterocycles. The molecule has 2 aromatic heterocycles. The smallest absolute Gasteiger partial charge is 0.217 e. The lowest BCUT2D eigenvalue weighted by atomic mass is 10.1. The summed E-state index contributed by atoms with van der Waals surface area (Å²) < 4.78 is 40.1. The second kappa shape index (κ2) is 9.31. The number of aromatic nitrogens is 4. The van der Waals surface area contributed by atoms with E-state index in [1.165, 1.54) is 24.3 Å². The SMILES string of the molecule is COc1ccc2cc(-c3cn(Cc4nc(-c5ccc(F)cc5)c(-c5ccc(F)cc5)o4)nn3)ccc2c1. The number of hydrogen-bond donors (Lipinski definition) is 0. The van der Waals surface area contributed by atoms with E-state index in [0.717, 1.165) is 22.1 Å². The number of methoxy groups -OCH3 is 1. The van der Waals surface area contributed by atoms with E-state index in [4.69, 9.17) is 9.15 Å². The molecular formula is C29H20F2N4O2. The summed E-state index contributed by atoms with van der Waals surface area (Å²) in [5, 5.41) is 10.7. The fraction of sp³-hybridized carbons (Fsp3) is 0.0690. The molecule has 6 rings (SSSR count). The predicted octanol–water partition coefficient (Wildman–Crippen LogP) is 6.76. The monoisotopic (exact) mass is 494 g/mol. The van der Waals surface area contributed by atoms with Gasteiger partial charge in [0.2, 0.25) is 5.89 Å². The molecule has 0 unspecified atom stereocenters. The molecule has 0 spiro atoms. The number of halogens is 2. The first-order chi connectivity index (χ1) is 18.1. The average Bonchev–Trinajstić information content (AvgIpc) is 3.57. The molecule has 0 saturated carbocycles. The quantitative estimate of drug-likeness (QED) is 0.256. The molecule has 0 N–H and O–H groups in total. The molecule has 37 heavy (non-hydrogen) atoms. The maximum Gasteiger partial charge on any atom is 0.217 e. The van der Waals surface area contributed by atoms with E-state index in [1.54, 1.807) is 36.1 Å². The zero-order valence-corrected chi connectivity index (χ0v) is 19.7. The molecule has 182 valence electrons. The predicted molar refractivity (Wildman–Crippen MR) is 136 cm³/mol. The molecule has 2 heterocycles. The first-order valence-corrected chi connectivity index (χ1v) is 11.6. The first kappa shape index (κ1) is 22.6. The zero-order chi connectivity index (χ0) is 25.4. The molecule has 8 heteroatoms. The van der Waals surface area contributed by atoms with Crippen LogP contribution in [0.4, 0.5) is 8.78 Å². The molecule has 0 aliphatic carbocycles. The lowest BCUT2D eigenvalue weighted by molar-refractivity contribution is 0.415. The van der Waals surface area contributed by atoms with Crippen LogP contribution in [0.25, 0.3) is 44.6 Å². The topological polar surface area (TPSA) is 66.0 Å². The summed E-state index contributed by atoms with van der Waals surface area (Å²) >= 11 is 0. The van der Waals surface area contributed by atoms with Crippen LogP contribution in [-0.4, -0.2) is 27.1 Å². The average molecular weight is 495 g/mol. The summed E-state index contributed by atoms with van der Waals surface area (Å²) in [5.74, 6) is 0.957. The van der Waals surface area contributed by atoms with Gasteiger partial charge in [-0.3, -0.25) is 0 Å². The van der Waals surface area contributed by atoms with Crippen molar-refractivity contribution in [2.24, 2.45) is 0 Å². The van der Waals surface area contributed by atoms with E-state index >= 15 is 0 Å². The minimum absolute atomic E-state index is 0.229. The third-order valence-electron chi connectivity index (χ3n) is 6.07. The molecule has 0 fully saturated rings. The normalized spacial score (nSPS) is 11.2. The van der Waals surface area contributed by atoms with Crippen LogP contribution in [0.15, 0.2) is 95.5 Å². The number of oxazole rings is 1. The van der Waals surface area contributed by atoms with Crippen molar-refractivity contribution in [1.82, 2.24) is 20.0 Å². The van der Waals surface area contributed by atoms with Gasteiger partial charge in [-0.15, -0.1) is 5.10 Å². The second-order valence-electron chi connectivity index (χ2n) is 8.53. The number of benzene rings is 4. The van der Waals surface area contributed by atoms with Crippen LogP contribution in [0.1, 0.15) is 5.89 Å². The molecule has 0 radical (unpaired) electrons. The molecule has 0 aliphatic heterocycles. The third-order valence-corrected chi connectivity index (χ3v) is 6.07. The van der Waals surface area contributed by atoms with Gasteiger partial charge >= 0.3 is 0 Å². The van der Waals surface area contributed by atoms with Crippen molar-refractivity contribution in [2.45, 2.75) is 6.54 Å². The maximum absolute atomic E-state index is 13.5. The third kappa shape index (κ3) is 4.56. The number of rotatable bonds is 6. The van der Waals surface area contributed by atoms with Gasteiger partial charge in [0.05, 0.1) is 13.3 Å². The Morgan fingerprint density at radius 3 is 2.16 bits per heavy atom. The van der Waals surface area contributed by atoms with Gasteiger partial charge in [0.15, 0.2) is 5.76 Å². The largest absolute Gasteiger partial charge is 0.497 e. The van der Waals surface area contributed by atoms with Crippen LogP contribution in [-0.2, 0) is 6.54 Å². The van der Waals surface area contributed by atoms with Gasteiger partial charge in [0.1, 0.15) is 35.3 Å². The second-order valence-corrected chi connectivity index (χ2v) is 8.53. The minimum atomic E-state index is -0.352. The van der Waals surface area contributed by atoms with Gasteiger partial charge in [-0.05, 0) is 77.5 Å². The van der Waals surface area contributed by atoms with Gasteiger partial charge in [-0.2, -0.15) is 0 Å². The van der Waals surface area contributed by atoms with E-state index in [9.17, 15) is 8.78 Å². The van der Waals surface area contributed by atoms with Crippen LogP contribution in [0.3, 0.4) is 0 Å². The van der Waals surface area contributed by atoms with Crippen LogP contribution in [0.2, 0.25) is 0 Å². The fourth-order valence-corrected chi connectivity index (χ4v) is 4.19. The van der Waals surface area contributed by atoms with E-state index in [0.29, 0.717) is 34.2 Å². The van der Waals surface area contributed by atoms with E-state index < -0.39 is 0 Å². The van der Waals surface area contributed by atoms with Crippen molar-refractivity contribution in [1.29, 1.82) is 0 Å². The minimum Gasteiger partial charge on any atom is -0.497 e. The molecule has 0 aliphatic rings. The Kier molecular flexibility index (Phi) is 5.69. The number of hydrogen-bond acceptors (Lipinski definition) is 5. The number of fused-ring (bicyclic) bond motifs is 1. The van der Waals surface area contributed by atoms with E-state index in [-0.39, 0.29) is 18.2 Å². The summed E-state index contributed by atoms with van der Waals surface area (Å²) in [5.41, 5.74) is 3.51. The van der Waals surface area contributed by atoms with Crippen molar-refractivity contribution >= 4 is 10.8 Å². The summed E-state index contributed by atoms with van der Waals surface area (Å²) in [6.45, 7) is 0.229. The van der Waals surface area contributed by atoms with Gasteiger partial charge in [0.25, 0.3) is 0 Å². The number of ether oxygens (including phenoxy) is 1. The van der Waals surface area contributed by atoms with Gasteiger partial charge in [-0.1, -0.05) is 23.4 Å². The summed E-state index contributed by atoms with van der Waals surface area (Å²) in [4.78, 5) is 4.66. The van der Waals surface area contributed by atoms with Crippen molar-refractivity contribution in [2.75, 3.05) is 7.11 Å². The van der Waals surface area contributed by atoms with Crippen LogP contribution in [0, 0.1) is 11.6 Å². The molecule has 6 nitrogen and oxygen atoms in total. The lowest BCUT2D eigenvalue weighted by Gasteiger charge is -2.04. The summed E-state index contributed by atoms with van der Waals surface area (Å²) in [7, 11) is 1.65.